The van der Waals surface area contributed by atoms with Gasteiger partial charge in [-0.05, 0) is 61.4 Å². The molecule has 1 heterocycles. The van der Waals surface area contributed by atoms with Gasteiger partial charge in [-0.2, -0.15) is 0 Å². The standard InChI is InChI=1S/C19H22N2/c1-12-5-6-15-13(8-12)9-14(11-20-2)19-16(4-3-7-21-19)18-10-17(15)18/h3-8,14,17-18,20H,9-11H2,1-2H3/t14-,17?,18?/m1/s1. The number of hydrogen-bond acceptors (Lipinski definition) is 2. The zero-order valence-electron chi connectivity index (χ0n) is 12.8. The summed E-state index contributed by atoms with van der Waals surface area (Å²) in [6.45, 7) is 3.19. The lowest BCUT2D eigenvalue weighted by molar-refractivity contribution is 0.596. The van der Waals surface area contributed by atoms with Crippen molar-refractivity contribution in [2.45, 2.75) is 37.5 Å². The van der Waals surface area contributed by atoms with Gasteiger partial charge in [0, 0.05) is 24.4 Å². The molecule has 2 unspecified atom stereocenters. The highest BCUT2D eigenvalue weighted by molar-refractivity contribution is 5.47. The van der Waals surface area contributed by atoms with Gasteiger partial charge in [-0.25, -0.2) is 0 Å². The van der Waals surface area contributed by atoms with Crippen molar-refractivity contribution in [1.82, 2.24) is 10.3 Å². The molecule has 0 aliphatic heterocycles. The molecule has 1 aromatic heterocycles. The summed E-state index contributed by atoms with van der Waals surface area (Å²) in [6.07, 6.45) is 4.35. The maximum atomic E-state index is 4.75. The predicted octanol–water partition coefficient (Wildman–Crippen LogP) is 3.52. The Bertz CT molecular complexity index is 677. The van der Waals surface area contributed by atoms with Crippen molar-refractivity contribution >= 4 is 0 Å². The van der Waals surface area contributed by atoms with Gasteiger partial charge < -0.3 is 5.32 Å². The Kier molecular flexibility index (Phi) is 3.07. The van der Waals surface area contributed by atoms with E-state index < -0.39 is 0 Å². The van der Waals surface area contributed by atoms with E-state index >= 15 is 0 Å². The minimum absolute atomic E-state index is 0.480. The molecule has 2 aromatic rings. The molecule has 1 N–H and O–H groups in total. The number of aryl methyl sites for hydroxylation is 1. The number of nitrogens with one attached hydrogen (secondary N) is 1. The highest BCUT2D eigenvalue weighted by atomic mass is 14.8. The molecule has 2 heteroatoms. The van der Waals surface area contributed by atoms with Crippen LogP contribution < -0.4 is 5.32 Å². The van der Waals surface area contributed by atoms with Crippen LogP contribution in [0, 0.1) is 6.92 Å². The first-order valence-electron chi connectivity index (χ1n) is 7.96. The maximum Gasteiger partial charge on any atom is 0.0485 e. The van der Waals surface area contributed by atoms with E-state index in [1.165, 1.54) is 23.2 Å². The van der Waals surface area contributed by atoms with E-state index in [9.17, 15) is 0 Å². The van der Waals surface area contributed by atoms with E-state index in [0.717, 1.165) is 18.9 Å². The van der Waals surface area contributed by atoms with Gasteiger partial charge in [0.25, 0.3) is 0 Å². The third-order valence-corrected chi connectivity index (χ3v) is 5.06. The molecule has 2 aliphatic carbocycles. The van der Waals surface area contributed by atoms with Crippen LogP contribution in [0.2, 0.25) is 0 Å². The number of benzene rings is 1. The zero-order valence-corrected chi connectivity index (χ0v) is 12.8. The number of likely N-dealkylation sites (N-methyl/N-ethyl adjacent to an activating group) is 1. The Morgan fingerprint density at radius 3 is 2.90 bits per heavy atom. The quantitative estimate of drug-likeness (QED) is 0.909. The normalized spacial score (nSPS) is 26.1. The van der Waals surface area contributed by atoms with Crippen molar-refractivity contribution in [3.05, 3.63) is 64.5 Å². The topological polar surface area (TPSA) is 24.9 Å². The number of nitrogens with zero attached hydrogens (tertiary/aromatic N) is 1. The Hall–Kier alpha value is -1.67. The van der Waals surface area contributed by atoms with Crippen LogP contribution in [0.5, 0.6) is 0 Å². The largest absolute Gasteiger partial charge is 0.319 e. The van der Waals surface area contributed by atoms with Crippen LogP contribution >= 0.6 is 0 Å². The van der Waals surface area contributed by atoms with Crippen molar-refractivity contribution in [3.63, 3.8) is 0 Å². The lowest BCUT2D eigenvalue weighted by atomic mass is 9.84. The molecule has 1 saturated carbocycles. The van der Waals surface area contributed by atoms with Gasteiger partial charge in [0.1, 0.15) is 0 Å². The molecule has 2 nitrogen and oxygen atoms in total. The lowest BCUT2D eigenvalue weighted by Gasteiger charge is -2.24. The molecule has 1 fully saturated rings. The van der Waals surface area contributed by atoms with Crippen molar-refractivity contribution < 1.29 is 0 Å². The summed E-state index contributed by atoms with van der Waals surface area (Å²) >= 11 is 0. The Morgan fingerprint density at radius 1 is 1.19 bits per heavy atom. The number of aromatic nitrogens is 1. The molecule has 2 aliphatic rings. The van der Waals surface area contributed by atoms with E-state index in [-0.39, 0.29) is 0 Å². The smallest absolute Gasteiger partial charge is 0.0485 e. The summed E-state index contributed by atoms with van der Waals surface area (Å²) in [5.41, 5.74) is 7.32. The van der Waals surface area contributed by atoms with Crippen molar-refractivity contribution in [2.24, 2.45) is 0 Å². The molecule has 108 valence electrons. The fourth-order valence-electron chi connectivity index (χ4n) is 4.02. The zero-order chi connectivity index (χ0) is 14.4. The molecular weight excluding hydrogens is 256 g/mol. The molecule has 0 spiro atoms. The number of pyridine rings is 1. The number of rotatable bonds is 2. The summed E-state index contributed by atoms with van der Waals surface area (Å²) in [7, 11) is 2.04. The molecular formula is C19H22N2. The molecule has 0 amide bonds. The molecule has 0 saturated heterocycles. The van der Waals surface area contributed by atoms with E-state index in [2.05, 4.69) is 42.6 Å². The van der Waals surface area contributed by atoms with Gasteiger partial charge in [0.05, 0.1) is 0 Å². The number of fused-ring (bicyclic) bond motifs is 5. The van der Waals surface area contributed by atoms with Crippen LogP contribution in [0.3, 0.4) is 0 Å². The third-order valence-electron chi connectivity index (χ3n) is 5.06. The first-order valence-corrected chi connectivity index (χ1v) is 7.96. The second-order valence-electron chi connectivity index (χ2n) is 6.59. The SMILES string of the molecule is CNC[C@H]1Cc2cc(C)ccc2C2CC2c2cccnc21. The Labute approximate surface area is 126 Å². The van der Waals surface area contributed by atoms with E-state index in [4.69, 9.17) is 4.98 Å². The van der Waals surface area contributed by atoms with Gasteiger partial charge in [0.15, 0.2) is 0 Å². The van der Waals surface area contributed by atoms with Gasteiger partial charge in [-0.15, -0.1) is 0 Å². The van der Waals surface area contributed by atoms with Crippen molar-refractivity contribution in [2.75, 3.05) is 13.6 Å². The second-order valence-corrected chi connectivity index (χ2v) is 6.59. The van der Waals surface area contributed by atoms with Crippen molar-refractivity contribution in [3.8, 4) is 0 Å². The average molecular weight is 278 g/mol. The van der Waals surface area contributed by atoms with Crippen LogP contribution in [0.25, 0.3) is 0 Å². The Balaban J connectivity index is 1.84. The van der Waals surface area contributed by atoms with Gasteiger partial charge in [0.2, 0.25) is 0 Å². The maximum absolute atomic E-state index is 4.75. The first kappa shape index (κ1) is 13.0. The summed E-state index contributed by atoms with van der Waals surface area (Å²) < 4.78 is 0. The number of hydrogen-bond donors (Lipinski definition) is 1. The first-order chi connectivity index (χ1) is 10.3. The van der Waals surface area contributed by atoms with Crippen LogP contribution in [0.1, 0.15) is 52.1 Å². The average Bonchev–Trinajstić information content (AvgIpc) is 3.26. The summed E-state index contributed by atoms with van der Waals surface area (Å²) in [6, 6.07) is 11.4. The van der Waals surface area contributed by atoms with Crippen LogP contribution in [-0.2, 0) is 6.42 Å². The molecule has 0 bridgehead atoms. The summed E-state index contributed by atoms with van der Waals surface area (Å²) in [5.74, 6) is 1.89. The monoisotopic (exact) mass is 278 g/mol. The highest BCUT2D eigenvalue weighted by Gasteiger charge is 2.44. The highest BCUT2D eigenvalue weighted by Crippen LogP contribution is 2.58. The van der Waals surface area contributed by atoms with Crippen molar-refractivity contribution in [1.29, 1.82) is 0 Å². The minimum Gasteiger partial charge on any atom is -0.319 e. The predicted molar refractivity (Wildman–Crippen MR) is 85.9 cm³/mol. The van der Waals surface area contributed by atoms with Gasteiger partial charge >= 0.3 is 0 Å². The molecule has 1 aromatic carbocycles. The van der Waals surface area contributed by atoms with Gasteiger partial charge in [-0.1, -0.05) is 29.8 Å². The minimum atomic E-state index is 0.480. The van der Waals surface area contributed by atoms with E-state index in [0.29, 0.717) is 11.8 Å². The van der Waals surface area contributed by atoms with E-state index in [1.54, 1.807) is 11.1 Å². The van der Waals surface area contributed by atoms with Crippen LogP contribution in [-0.4, -0.2) is 18.6 Å². The Morgan fingerprint density at radius 2 is 2.05 bits per heavy atom. The fraction of sp³-hybridized carbons (Fsp3) is 0.421. The van der Waals surface area contributed by atoms with Crippen LogP contribution in [0.4, 0.5) is 0 Å². The molecule has 4 rings (SSSR count). The molecule has 3 atom stereocenters. The van der Waals surface area contributed by atoms with E-state index in [1.807, 2.05) is 13.2 Å². The third kappa shape index (κ3) is 2.18. The molecule has 0 radical (unpaired) electrons. The second kappa shape index (κ2) is 4.96. The van der Waals surface area contributed by atoms with Gasteiger partial charge in [-0.3, -0.25) is 4.98 Å². The fourth-order valence-corrected chi connectivity index (χ4v) is 4.02. The summed E-state index contributed by atoms with van der Waals surface area (Å²) in [4.78, 5) is 4.75. The summed E-state index contributed by atoms with van der Waals surface area (Å²) in [5, 5.41) is 3.36. The van der Waals surface area contributed by atoms with Crippen LogP contribution in [0.15, 0.2) is 36.5 Å². The molecule has 21 heavy (non-hydrogen) atoms. The lowest BCUT2D eigenvalue weighted by Crippen LogP contribution is -2.22.